The molecule has 0 saturated carbocycles. The number of nitrogens with two attached hydrogens (primary N) is 1. The maximum atomic E-state index is 13.4. The van der Waals surface area contributed by atoms with Crippen LogP contribution < -0.4 is 16.4 Å². The lowest BCUT2D eigenvalue weighted by atomic mass is 10.0. The van der Waals surface area contributed by atoms with Gasteiger partial charge in [0.15, 0.2) is 0 Å². The van der Waals surface area contributed by atoms with Gasteiger partial charge in [0, 0.05) is 41.0 Å². The molecule has 56 heavy (non-hydrogen) atoms. The Bertz CT molecular complexity index is 2330. The van der Waals surface area contributed by atoms with E-state index in [1.54, 1.807) is 60.6 Å². The number of carbonyl (C=O) groups is 5. The molecule has 14 nitrogen and oxygen atoms in total. The molecule has 2 saturated heterocycles. The van der Waals surface area contributed by atoms with Gasteiger partial charge in [0.1, 0.15) is 34.7 Å². The average molecular weight is 772 g/mol. The van der Waals surface area contributed by atoms with Gasteiger partial charge < -0.3 is 11.1 Å². The lowest BCUT2D eigenvalue weighted by Gasteiger charge is -2.27. The Morgan fingerprint density at radius 1 is 0.893 bits per heavy atom. The van der Waals surface area contributed by atoms with Crippen molar-refractivity contribution < 1.29 is 24.0 Å². The number of carbonyl (C=O) groups excluding carboxylic acids is 5. The third-order valence-corrected chi connectivity index (χ3v) is 11.8. The Hall–Kier alpha value is -5.93. The Morgan fingerprint density at radius 3 is 2.54 bits per heavy atom. The predicted molar refractivity (Wildman–Crippen MR) is 211 cm³/mol. The molecule has 5 aromatic rings. The highest BCUT2D eigenvalue weighted by Gasteiger charge is 2.45. The number of benzene rings is 2. The van der Waals surface area contributed by atoms with Crippen molar-refractivity contribution in [3.05, 3.63) is 102 Å². The van der Waals surface area contributed by atoms with Crippen molar-refractivity contribution in [2.24, 2.45) is 0 Å². The molecular formula is C41H41N9O5S. The maximum Gasteiger partial charge on any atom is 0.263 e. The van der Waals surface area contributed by atoms with Crippen molar-refractivity contribution in [1.29, 1.82) is 0 Å². The first kappa shape index (κ1) is 37.0. The number of imide groups is 2. The van der Waals surface area contributed by atoms with Crippen LogP contribution in [0.25, 0.3) is 16.8 Å². The average Bonchev–Trinajstić information content (AvgIpc) is 3.90. The van der Waals surface area contributed by atoms with Gasteiger partial charge in [-0.05, 0) is 87.3 Å². The summed E-state index contributed by atoms with van der Waals surface area (Å²) in [5, 5.41) is 5.06. The van der Waals surface area contributed by atoms with E-state index < -0.39 is 29.7 Å². The lowest BCUT2D eigenvalue weighted by Crippen LogP contribution is -2.54. The molecule has 0 spiro atoms. The van der Waals surface area contributed by atoms with Crippen molar-refractivity contribution in [3.8, 4) is 11.3 Å². The van der Waals surface area contributed by atoms with E-state index in [1.807, 2.05) is 30.5 Å². The van der Waals surface area contributed by atoms with Gasteiger partial charge in [-0.2, -0.15) is 0 Å². The molecule has 0 bridgehead atoms. The maximum absolute atomic E-state index is 13.4. The molecule has 2 atom stereocenters. The second-order valence-corrected chi connectivity index (χ2v) is 15.3. The lowest BCUT2D eigenvalue weighted by molar-refractivity contribution is -0.136. The number of nitrogens with one attached hydrogen (secondary N) is 2. The second-order valence-electron chi connectivity index (χ2n) is 14.2. The van der Waals surface area contributed by atoms with Crippen LogP contribution in [-0.2, 0) is 9.59 Å². The standard InChI is InChI=1S/C41H41N9O5S/c42-36-35-34(25-13-15-26(16-14-25)38(52)45-31-12-3-4-19-43-31)47-37(49(35)23-20-44-36)28-10-8-22-48(28)21-5-1-2-6-24-56-30-11-7-9-27-33(30)41(55)50(40(27)54)29-17-18-32(51)46-39(29)53/h3-4,7,9,11-16,19-20,23,28-29H,1-2,5-6,8,10,17-18,21-22,24H2,(H2,42,44)(H,43,45,52)(H,46,51,53)/t28-,29?/m0/s1. The van der Waals surface area contributed by atoms with Gasteiger partial charge in [0.05, 0.1) is 17.2 Å². The second kappa shape index (κ2) is 16.0. The highest BCUT2D eigenvalue weighted by atomic mass is 32.2. The summed E-state index contributed by atoms with van der Waals surface area (Å²) in [6, 6.07) is 17.1. The van der Waals surface area contributed by atoms with Crippen LogP contribution in [0.3, 0.4) is 0 Å². The summed E-state index contributed by atoms with van der Waals surface area (Å²) in [5.41, 5.74) is 9.92. The van der Waals surface area contributed by atoms with E-state index in [9.17, 15) is 24.0 Å². The van der Waals surface area contributed by atoms with Gasteiger partial charge in [-0.25, -0.2) is 15.0 Å². The minimum absolute atomic E-state index is 0.0884. The van der Waals surface area contributed by atoms with Gasteiger partial charge in [0.2, 0.25) is 11.8 Å². The van der Waals surface area contributed by atoms with Crippen LogP contribution in [-0.4, -0.2) is 83.6 Å². The van der Waals surface area contributed by atoms with Crippen LogP contribution in [0.5, 0.6) is 0 Å². The van der Waals surface area contributed by atoms with E-state index in [-0.39, 0.29) is 24.8 Å². The number of imidazole rings is 1. The third kappa shape index (κ3) is 7.27. The van der Waals surface area contributed by atoms with Gasteiger partial charge in [-0.3, -0.25) is 43.5 Å². The van der Waals surface area contributed by atoms with Crippen LogP contribution in [0.2, 0.25) is 0 Å². The van der Waals surface area contributed by atoms with Gasteiger partial charge in [-0.15, -0.1) is 11.8 Å². The first-order valence-electron chi connectivity index (χ1n) is 18.9. The number of unbranched alkanes of at least 4 members (excludes halogenated alkanes) is 3. The number of nitrogens with zero attached hydrogens (tertiary/aromatic N) is 6. The molecule has 3 aliphatic heterocycles. The number of aromatic nitrogens is 4. The number of hydrogen-bond acceptors (Lipinski definition) is 11. The first-order chi connectivity index (χ1) is 27.3. The fourth-order valence-electron chi connectivity index (χ4n) is 7.87. The van der Waals surface area contributed by atoms with Gasteiger partial charge in [0.25, 0.3) is 17.7 Å². The topological polar surface area (TPSA) is 185 Å². The Kier molecular flexibility index (Phi) is 10.6. The minimum atomic E-state index is -0.977. The SMILES string of the molecule is Nc1nccn2c([C@@H]3CCCN3CCCCCCSc3cccc4c3C(=O)N(C3CCC(=O)NC3=O)C4=O)nc(-c3ccc(C(=O)Nc4ccccn4)cc3)c12. The van der Waals surface area contributed by atoms with Crippen LogP contribution in [0, 0.1) is 0 Å². The highest BCUT2D eigenvalue weighted by molar-refractivity contribution is 7.99. The fourth-order valence-corrected chi connectivity index (χ4v) is 8.96. The molecule has 0 aliphatic carbocycles. The Morgan fingerprint density at radius 2 is 1.73 bits per heavy atom. The van der Waals surface area contributed by atoms with Crippen LogP contribution in [0.15, 0.2) is 84.1 Å². The highest BCUT2D eigenvalue weighted by Crippen LogP contribution is 2.38. The summed E-state index contributed by atoms with van der Waals surface area (Å²) in [7, 11) is 0. The number of piperidine rings is 1. The molecule has 2 fully saturated rings. The summed E-state index contributed by atoms with van der Waals surface area (Å²) in [6.07, 6.45) is 11.5. The normalized spacial score (nSPS) is 18.5. The molecule has 4 N–H and O–H groups in total. The number of nitrogen functional groups attached to an aromatic ring is 1. The van der Waals surface area contributed by atoms with E-state index in [2.05, 4.69) is 29.9 Å². The van der Waals surface area contributed by atoms with Crippen molar-refractivity contribution in [2.45, 2.75) is 68.3 Å². The van der Waals surface area contributed by atoms with E-state index in [4.69, 9.17) is 10.7 Å². The Balaban J connectivity index is 0.863. The molecule has 3 aliphatic rings. The molecule has 1 unspecified atom stereocenters. The molecule has 286 valence electrons. The number of likely N-dealkylation sites (tertiary alicyclic amines) is 1. The third-order valence-electron chi connectivity index (χ3n) is 10.6. The van der Waals surface area contributed by atoms with E-state index >= 15 is 0 Å². The zero-order chi connectivity index (χ0) is 38.8. The molecule has 15 heteroatoms. The van der Waals surface area contributed by atoms with Gasteiger partial charge >= 0.3 is 0 Å². The molecule has 0 radical (unpaired) electrons. The summed E-state index contributed by atoms with van der Waals surface area (Å²) >= 11 is 1.55. The number of amides is 5. The molecule has 6 heterocycles. The number of anilines is 2. The van der Waals surface area contributed by atoms with E-state index in [0.29, 0.717) is 28.3 Å². The van der Waals surface area contributed by atoms with Crippen LogP contribution >= 0.6 is 11.8 Å². The van der Waals surface area contributed by atoms with Crippen molar-refractivity contribution >= 4 is 58.5 Å². The number of hydrogen-bond donors (Lipinski definition) is 3. The zero-order valence-electron chi connectivity index (χ0n) is 30.6. The Labute approximate surface area is 327 Å². The smallest absolute Gasteiger partial charge is 0.263 e. The van der Waals surface area contributed by atoms with E-state index in [0.717, 1.165) is 89.8 Å². The van der Waals surface area contributed by atoms with Crippen LogP contribution in [0.1, 0.15) is 94.3 Å². The number of rotatable bonds is 13. The fraction of sp³-hybridized carbons (Fsp3) is 0.317. The molecular weight excluding hydrogens is 731 g/mol. The number of pyridine rings is 1. The predicted octanol–water partition coefficient (Wildman–Crippen LogP) is 5.52. The first-order valence-corrected chi connectivity index (χ1v) is 19.9. The summed E-state index contributed by atoms with van der Waals surface area (Å²) in [4.78, 5) is 81.5. The summed E-state index contributed by atoms with van der Waals surface area (Å²) in [6.45, 7) is 1.91. The molecule has 3 aromatic heterocycles. The largest absolute Gasteiger partial charge is 0.382 e. The molecule has 5 amide bonds. The van der Waals surface area contributed by atoms with Crippen LogP contribution in [0.4, 0.5) is 11.6 Å². The number of fused-ring (bicyclic) bond motifs is 2. The van der Waals surface area contributed by atoms with Gasteiger partial charge in [-0.1, -0.05) is 37.1 Å². The minimum Gasteiger partial charge on any atom is -0.382 e. The van der Waals surface area contributed by atoms with E-state index in [1.165, 1.54) is 0 Å². The summed E-state index contributed by atoms with van der Waals surface area (Å²) < 4.78 is 2.06. The zero-order valence-corrected chi connectivity index (χ0v) is 31.5. The van der Waals surface area contributed by atoms with Crippen molar-refractivity contribution in [1.82, 2.24) is 34.5 Å². The number of thioether (sulfide) groups is 1. The molecule has 8 rings (SSSR count). The molecule has 2 aromatic carbocycles. The quantitative estimate of drug-likeness (QED) is 0.0779. The summed E-state index contributed by atoms with van der Waals surface area (Å²) in [5.74, 6) is 0.377. The van der Waals surface area contributed by atoms with Crippen molar-refractivity contribution in [3.63, 3.8) is 0 Å². The van der Waals surface area contributed by atoms with Crippen molar-refractivity contribution in [2.75, 3.05) is 29.9 Å². The monoisotopic (exact) mass is 771 g/mol.